The van der Waals surface area contributed by atoms with Crippen molar-refractivity contribution in [2.45, 2.75) is 97.1 Å². The molecule has 0 amide bonds. The molecule has 0 spiro atoms. The van der Waals surface area contributed by atoms with Crippen molar-refractivity contribution in [2.24, 2.45) is 5.92 Å². The maximum Gasteiger partial charge on any atom is 0.225 e. The molecular weight excluding hydrogens is 494 g/mol. The van der Waals surface area contributed by atoms with Crippen LogP contribution < -0.4 is 20.3 Å². The van der Waals surface area contributed by atoms with Gasteiger partial charge in [0.2, 0.25) is 5.95 Å². The summed E-state index contributed by atoms with van der Waals surface area (Å²) in [6, 6.07) is 13.4. The molecule has 2 aromatic carbocycles. The minimum atomic E-state index is 0.0277. The number of benzene rings is 2. The molecule has 2 N–H and O–H groups in total. The highest BCUT2D eigenvalue weighted by Gasteiger charge is 2.26. The molecule has 1 heterocycles. The highest BCUT2D eigenvalue weighted by Crippen LogP contribution is 2.38. The zero-order valence-corrected chi connectivity index (χ0v) is 26.3. The zero-order valence-electron chi connectivity index (χ0n) is 26.3. The maximum absolute atomic E-state index is 5.96. The van der Waals surface area contributed by atoms with Gasteiger partial charge >= 0.3 is 0 Å². The molecule has 218 valence electrons. The van der Waals surface area contributed by atoms with Gasteiger partial charge in [-0.15, -0.1) is 0 Å². The third-order valence-corrected chi connectivity index (χ3v) is 8.28. The Bertz CT molecular complexity index is 1280. The molecule has 3 aromatic rings. The maximum atomic E-state index is 5.96. The average Bonchev–Trinajstić information content (AvgIpc) is 2.90. The van der Waals surface area contributed by atoms with Crippen LogP contribution in [0.2, 0.25) is 0 Å². The lowest BCUT2D eigenvalue weighted by Crippen LogP contribution is -2.29. The fourth-order valence-corrected chi connectivity index (χ4v) is 5.82. The van der Waals surface area contributed by atoms with Crippen LogP contribution in [-0.2, 0) is 17.4 Å². The Kier molecular flexibility index (Phi) is 9.29. The molecule has 0 bridgehead atoms. The number of fused-ring (bicyclic) bond motifs is 1. The molecule has 1 saturated carbocycles. The Morgan fingerprint density at radius 3 is 2.25 bits per heavy atom. The molecule has 0 aliphatic heterocycles. The van der Waals surface area contributed by atoms with Gasteiger partial charge < -0.3 is 20.3 Å². The lowest BCUT2D eigenvalue weighted by molar-refractivity contribution is 0.316. The Labute approximate surface area is 242 Å². The van der Waals surface area contributed by atoms with Crippen LogP contribution >= 0.6 is 0 Å². The highest BCUT2D eigenvalue weighted by atomic mass is 16.5. The third kappa shape index (κ3) is 7.25. The normalized spacial score (nSPS) is 18.1. The second kappa shape index (κ2) is 12.3. The summed E-state index contributed by atoms with van der Waals surface area (Å²) < 4.78 is 5.96. The molecule has 1 aromatic heterocycles. The van der Waals surface area contributed by atoms with Gasteiger partial charge in [-0.25, -0.2) is 4.98 Å². The van der Waals surface area contributed by atoms with E-state index < -0.39 is 0 Å². The number of rotatable bonds is 9. The van der Waals surface area contributed by atoms with Gasteiger partial charge in [-0.2, -0.15) is 4.98 Å². The smallest absolute Gasteiger partial charge is 0.225 e. The molecule has 0 radical (unpaired) electrons. The summed E-state index contributed by atoms with van der Waals surface area (Å²) in [4.78, 5) is 11.7. The SMILES string of the molecule is COc1c(CNCCC2CCC(Nc3nc(N(C)C)c4ccccc4n3)CC2)cc(C(C)(C)C)cc1C(C)(C)C. The molecule has 1 aliphatic carbocycles. The number of ether oxygens (including phenoxy) is 1. The molecule has 1 fully saturated rings. The predicted molar refractivity (Wildman–Crippen MR) is 170 cm³/mol. The van der Waals surface area contributed by atoms with Crippen molar-refractivity contribution >= 4 is 22.7 Å². The van der Waals surface area contributed by atoms with Crippen LogP contribution in [0, 0.1) is 5.92 Å². The number of anilines is 2. The van der Waals surface area contributed by atoms with E-state index in [9.17, 15) is 0 Å². The summed E-state index contributed by atoms with van der Waals surface area (Å²) in [6.45, 7) is 15.5. The van der Waals surface area contributed by atoms with E-state index in [0.29, 0.717) is 6.04 Å². The number of nitrogens with one attached hydrogen (secondary N) is 2. The Balaban J connectivity index is 1.31. The van der Waals surface area contributed by atoms with E-state index in [0.717, 1.165) is 60.3 Å². The van der Waals surface area contributed by atoms with Crippen LogP contribution in [0.5, 0.6) is 5.75 Å². The fraction of sp³-hybridized carbons (Fsp3) is 0.588. The van der Waals surface area contributed by atoms with Crippen LogP contribution in [0.15, 0.2) is 36.4 Å². The highest BCUT2D eigenvalue weighted by molar-refractivity contribution is 5.90. The van der Waals surface area contributed by atoms with E-state index in [2.05, 4.69) is 81.3 Å². The summed E-state index contributed by atoms with van der Waals surface area (Å²) in [7, 11) is 5.89. The minimum Gasteiger partial charge on any atom is -0.496 e. The van der Waals surface area contributed by atoms with E-state index in [1.165, 1.54) is 36.0 Å². The van der Waals surface area contributed by atoms with Crippen molar-refractivity contribution in [3.63, 3.8) is 0 Å². The van der Waals surface area contributed by atoms with E-state index in [1.807, 2.05) is 33.3 Å². The van der Waals surface area contributed by atoms with Crippen LogP contribution in [-0.4, -0.2) is 43.8 Å². The molecule has 1 aliphatic rings. The first kappa shape index (κ1) is 30.1. The molecule has 4 rings (SSSR count). The van der Waals surface area contributed by atoms with E-state index in [-0.39, 0.29) is 10.8 Å². The third-order valence-electron chi connectivity index (χ3n) is 8.28. The van der Waals surface area contributed by atoms with E-state index in [4.69, 9.17) is 14.7 Å². The molecule has 0 atom stereocenters. The lowest BCUT2D eigenvalue weighted by atomic mass is 9.79. The number of nitrogens with zero attached hydrogens (tertiary/aromatic N) is 3. The number of methoxy groups -OCH3 is 1. The van der Waals surface area contributed by atoms with Gasteiger partial charge in [0.15, 0.2) is 0 Å². The van der Waals surface area contributed by atoms with Crippen molar-refractivity contribution < 1.29 is 4.74 Å². The molecular formula is C34H51N5O. The quantitative estimate of drug-likeness (QED) is 0.272. The molecule has 6 heteroatoms. The first-order valence-corrected chi connectivity index (χ1v) is 15.0. The van der Waals surface area contributed by atoms with Gasteiger partial charge in [-0.05, 0) is 73.1 Å². The monoisotopic (exact) mass is 545 g/mol. The van der Waals surface area contributed by atoms with Crippen LogP contribution in [0.1, 0.15) is 90.3 Å². The first-order valence-electron chi connectivity index (χ1n) is 15.0. The van der Waals surface area contributed by atoms with Crippen LogP contribution in [0.25, 0.3) is 10.9 Å². The van der Waals surface area contributed by atoms with Crippen molar-refractivity contribution in [3.8, 4) is 5.75 Å². The van der Waals surface area contributed by atoms with Crippen molar-refractivity contribution in [2.75, 3.05) is 38.0 Å². The summed E-state index contributed by atoms with van der Waals surface area (Å²) in [5.41, 5.74) is 5.04. The Morgan fingerprint density at radius 2 is 1.62 bits per heavy atom. The standard InChI is InChI=1S/C34H51N5O/c1-33(2,3)25-20-24(30(40-9)28(21-25)34(4,5)6)22-35-19-18-23-14-16-26(17-15-23)36-32-37-29-13-11-10-12-27(29)31(38-32)39(7)8/h10-13,20-21,23,26,35H,14-19,22H2,1-9H3,(H,36,37,38). The second-order valence-electron chi connectivity index (χ2n) is 13.8. The molecule has 0 saturated heterocycles. The zero-order chi connectivity index (χ0) is 29.1. The van der Waals surface area contributed by atoms with E-state index in [1.54, 1.807) is 0 Å². The van der Waals surface area contributed by atoms with Crippen molar-refractivity contribution in [3.05, 3.63) is 53.1 Å². The Morgan fingerprint density at radius 1 is 0.925 bits per heavy atom. The fourth-order valence-electron chi connectivity index (χ4n) is 5.82. The van der Waals surface area contributed by atoms with E-state index >= 15 is 0 Å². The van der Waals surface area contributed by atoms with Crippen LogP contribution in [0.3, 0.4) is 0 Å². The summed E-state index contributed by atoms with van der Waals surface area (Å²) in [5.74, 6) is 3.50. The van der Waals surface area contributed by atoms with Crippen molar-refractivity contribution in [1.29, 1.82) is 0 Å². The van der Waals surface area contributed by atoms with Crippen molar-refractivity contribution in [1.82, 2.24) is 15.3 Å². The molecule has 40 heavy (non-hydrogen) atoms. The van der Waals surface area contributed by atoms with Gasteiger partial charge in [-0.1, -0.05) is 65.8 Å². The van der Waals surface area contributed by atoms with Gasteiger partial charge in [0.25, 0.3) is 0 Å². The number of hydrogen-bond acceptors (Lipinski definition) is 6. The molecule has 0 unspecified atom stereocenters. The van der Waals surface area contributed by atoms with Gasteiger partial charge in [0, 0.05) is 43.2 Å². The summed E-state index contributed by atoms with van der Waals surface area (Å²) in [5, 5.41) is 8.48. The predicted octanol–water partition coefficient (Wildman–Crippen LogP) is 7.45. The second-order valence-corrected chi connectivity index (χ2v) is 13.8. The largest absolute Gasteiger partial charge is 0.496 e. The number of aromatic nitrogens is 2. The lowest BCUT2D eigenvalue weighted by Gasteiger charge is -2.30. The topological polar surface area (TPSA) is 62.3 Å². The van der Waals surface area contributed by atoms with Gasteiger partial charge in [0.05, 0.1) is 12.6 Å². The average molecular weight is 546 g/mol. The summed E-state index contributed by atoms with van der Waals surface area (Å²) >= 11 is 0. The first-order chi connectivity index (χ1) is 18.9. The van der Waals surface area contributed by atoms with Crippen LogP contribution in [0.4, 0.5) is 11.8 Å². The van der Waals surface area contributed by atoms with Gasteiger partial charge in [-0.3, -0.25) is 0 Å². The van der Waals surface area contributed by atoms with Gasteiger partial charge in [0.1, 0.15) is 11.6 Å². The molecule has 6 nitrogen and oxygen atoms in total. The number of para-hydroxylation sites is 1. The summed E-state index contributed by atoms with van der Waals surface area (Å²) in [6.07, 6.45) is 6.01. The Hall–Kier alpha value is -2.86. The minimum absolute atomic E-state index is 0.0277. The number of hydrogen-bond donors (Lipinski definition) is 2.